The van der Waals surface area contributed by atoms with Gasteiger partial charge < -0.3 is 5.32 Å². The Kier molecular flexibility index (Phi) is 5.24. The second kappa shape index (κ2) is 6.48. The van der Waals surface area contributed by atoms with Crippen LogP contribution in [0.2, 0.25) is 0 Å². The largest absolute Gasteiger partial charge is 0.442 e. The Bertz CT molecular complexity index is 479. The molecule has 0 spiro atoms. The summed E-state index contributed by atoms with van der Waals surface area (Å²) in [6.45, 7) is 1.66. The molecule has 0 radical (unpaired) electrons. The molecule has 1 atom stereocenters. The van der Waals surface area contributed by atoms with E-state index in [1.165, 1.54) is 0 Å². The highest BCUT2D eigenvalue weighted by atomic mass is 32.2. The Hall–Kier alpha value is -1.68. The molecule has 7 heteroatoms. The molecule has 0 fully saturated rings. The van der Waals surface area contributed by atoms with Gasteiger partial charge in [0.1, 0.15) is 0 Å². The van der Waals surface area contributed by atoms with E-state index in [2.05, 4.69) is 5.32 Å². The summed E-state index contributed by atoms with van der Waals surface area (Å²) in [6, 6.07) is 8.02. The van der Waals surface area contributed by atoms with Crippen molar-refractivity contribution >= 4 is 17.7 Å². The first kappa shape index (κ1) is 15.4. The third-order valence-corrected chi connectivity index (χ3v) is 3.02. The lowest BCUT2D eigenvalue weighted by Crippen LogP contribution is -2.29. The number of carbonyl (C=O) groups is 1. The molecule has 3 nitrogen and oxygen atoms in total. The third-order valence-electron chi connectivity index (χ3n) is 2.28. The van der Waals surface area contributed by atoms with Crippen molar-refractivity contribution in [3.05, 3.63) is 35.4 Å². The van der Waals surface area contributed by atoms with Crippen molar-refractivity contribution in [1.82, 2.24) is 5.32 Å². The molecular weight excluding hydrogens is 277 g/mol. The number of hydrogen-bond donors (Lipinski definition) is 1. The van der Waals surface area contributed by atoms with E-state index < -0.39 is 23.2 Å². The van der Waals surface area contributed by atoms with Crippen LogP contribution in [0.25, 0.3) is 0 Å². The number of halogens is 3. The van der Waals surface area contributed by atoms with Crippen LogP contribution in [-0.2, 0) is 4.79 Å². The molecule has 0 aromatic heterocycles. The highest BCUT2D eigenvalue weighted by Crippen LogP contribution is 2.29. The van der Waals surface area contributed by atoms with Crippen molar-refractivity contribution in [3.8, 4) is 6.07 Å². The van der Waals surface area contributed by atoms with Gasteiger partial charge in [0.15, 0.2) is 0 Å². The van der Waals surface area contributed by atoms with E-state index in [4.69, 9.17) is 5.26 Å². The minimum Gasteiger partial charge on any atom is -0.349 e. The second-order valence-corrected chi connectivity index (χ2v) is 4.80. The Balaban J connectivity index is 2.52. The molecule has 19 heavy (non-hydrogen) atoms. The van der Waals surface area contributed by atoms with E-state index in [-0.39, 0.29) is 11.8 Å². The quantitative estimate of drug-likeness (QED) is 0.926. The smallest absolute Gasteiger partial charge is 0.349 e. The van der Waals surface area contributed by atoms with E-state index in [1.54, 1.807) is 31.2 Å². The van der Waals surface area contributed by atoms with Gasteiger partial charge >= 0.3 is 5.51 Å². The van der Waals surface area contributed by atoms with Crippen LogP contribution in [0.3, 0.4) is 0 Å². The fourth-order valence-electron chi connectivity index (χ4n) is 1.36. The molecule has 0 bridgehead atoms. The zero-order valence-electron chi connectivity index (χ0n) is 9.99. The number of benzene rings is 1. The SMILES string of the molecule is C[C@H](NC(=O)CSC(F)(F)F)c1ccc(C#N)cc1. The summed E-state index contributed by atoms with van der Waals surface area (Å²) in [5.41, 5.74) is -3.20. The molecule has 1 amide bonds. The fourth-order valence-corrected chi connectivity index (χ4v) is 1.74. The minimum atomic E-state index is -4.41. The van der Waals surface area contributed by atoms with Crippen molar-refractivity contribution < 1.29 is 18.0 Å². The molecule has 0 saturated heterocycles. The van der Waals surface area contributed by atoms with Crippen LogP contribution in [0.4, 0.5) is 13.2 Å². The molecule has 0 aliphatic carbocycles. The van der Waals surface area contributed by atoms with Gasteiger partial charge in [0, 0.05) is 0 Å². The zero-order valence-corrected chi connectivity index (χ0v) is 10.8. The van der Waals surface area contributed by atoms with Gasteiger partial charge in [-0.25, -0.2) is 0 Å². The molecule has 1 aromatic rings. The summed E-state index contributed by atoms with van der Waals surface area (Å²) in [7, 11) is 0. The predicted octanol–water partition coefficient (Wildman–Crippen LogP) is 2.99. The summed E-state index contributed by atoms with van der Waals surface area (Å²) in [6.07, 6.45) is 0. The Morgan fingerprint density at radius 2 is 2.00 bits per heavy atom. The second-order valence-electron chi connectivity index (χ2n) is 3.76. The maximum absolute atomic E-state index is 11.9. The van der Waals surface area contributed by atoms with Gasteiger partial charge in [-0.05, 0) is 36.4 Å². The van der Waals surface area contributed by atoms with E-state index in [1.807, 2.05) is 6.07 Å². The van der Waals surface area contributed by atoms with Crippen LogP contribution in [-0.4, -0.2) is 17.2 Å². The Morgan fingerprint density at radius 1 is 1.42 bits per heavy atom. The van der Waals surface area contributed by atoms with Crippen LogP contribution in [0.1, 0.15) is 24.1 Å². The standard InChI is InChI=1S/C12H11F3N2OS/c1-8(10-4-2-9(6-16)3-5-10)17-11(18)7-19-12(13,14)15/h2-5,8H,7H2,1H3,(H,17,18)/t8-/m0/s1. The maximum Gasteiger partial charge on any atom is 0.442 e. The first-order valence-electron chi connectivity index (χ1n) is 5.32. The molecule has 102 valence electrons. The number of carbonyl (C=O) groups excluding carboxylic acids is 1. The number of hydrogen-bond acceptors (Lipinski definition) is 3. The van der Waals surface area contributed by atoms with E-state index in [9.17, 15) is 18.0 Å². The molecule has 0 saturated carbocycles. The molecule has 0 aliphatic heterocycles. The van der Waals surface area contributed by atoms with Gasteiger partial charge in [-0.1, -0.05) is 12.1 Å². The monoisotopic (exact) mass is 288 g/mol. The van der Waals surface area contributed by atoms with Gasteiger partial charge in [0.05, 0.1) is 23.4 Å². The van der Waals surface area contributed by atoms with Gasteiger partial charge in [-0.15, -0.1) is 0 Å². The van der Waals surface area contributed by atoms with Gasteiger partial charge in [-0.2, -0.15) is 18.4 Å². The van der Waals surface area contributed by atoms with E-state index in [0.29, 0.717) is 5.56 Å². The van der Waals surface area contributed by atoms with Gasteiger partial charge in [0.25, 0.3) is 0 Å². The van der Waals surface area contributed by atoms with E-state index in [0.717, 1.165) is 5.56 Å². The average Bonchev–Trinajstić information content (AvgIpc) is 2.35. The Morgan fingerprint density at radius 3 is 2.47 bits per heavy atom. The number of thioether (sulfide) groups is 1. The lowest BCUT2D eigenvalue weighted by molar-refractivity contribution is -0.119. The zero-order chi connectivity index (χ0) is 14.5. The summed E-state index contributed by atoms with van der Waals surface area (Å²) in [4.78, 5) is 11.3. The highest BCUT2D eigenvalue weighted by molar-refractivity contribution is 8.00. The molecule has 1 rings (SSSR count). The molecule has 1 aromatic carbocycles. The van der Waals surface area contributed by atoms with E-state index >= 15 is 0 Å². The molecule has 0 heterocycles. The maximum atomic E-state index is 11.9. The summed E-state index contributed by atoms with van der Waals surface area (Å²) in [5, 5.41) is 11.1. The molecule has 0 aliphatic rings. The minimum absolute atomic E-state index is 0.370. The number of alkyl halides is 3. The number of rotatable bonds is 4. The van der Waals surface area contributed by atoms with Crippen LogP contribution >= 0.6 is 11.8 Å². The number of amides is 1. The number of nitrogens with one attached hydrogen (secondary N) is 1. The van der Waals surface area contributed by atoms with Gasteiger partial charge in [0.2, 0.25) is 5.91 Å². The van der Waals surface area contributed by atoms with Crippen molar-refractivity contribution in [1.29, 1.82) is 5.26 Å². The summed E-state index contributed by atoms with van der Waals surface area (Å²) >= 11 is -0.370. The van der Waals surface area contributed by atoms with Crippen molar-refractivity contribution in [2.75, 3.05) is 5.75 Å². The number of nitriles is 1. The Labute approximate surface area is 112 Å². The molecule has 1 N–H and O–H groups in total. The average molecular weight is 288 g/mol. The number of nitrogens with zero attached hydrogens (tertiary/aromatic N) is 1. The third kappa shape index (κ3) is 5.66. The summed E-state index contributed by atoms with van der Waals surface area (Å²) in [5.74, 6) is -1.34. The predicted molar refractivity (Wildman–Crippen MR) is 66.2 cm³/mol. The van der Waals surface area contributed by atoms with Crippen LogP contribution in [0, 0.1) is 11.3 Å². The normalized spacial score (nSPS) is 12.6. The lowest BCUT2D eigenvalue weighted by Gasteiger charge is -2.14. The lowest BCUT2D eigenvalue weighted by atomic mass is 10.1. The molecule has 0 unspecified atom stereocenters. The van der Waals surface area contributed by atoms with Crippen molar-refractivity contribution in [2.45, 2.75) is 18.5 Å². The van der Waals surface area contributed by atoms with Crippen LogP contribution in [0.5, 0.6) is 0 Å². The first-order chi connectivity index (χ1) is 8.81. The van der Waals surface area contributed by atoms with Gasteiger partial charge in [-0.3, -0.25) is 4.79 Å². The van der Waals surface area contributed by atoms with Crippen LogP contribution < -0.4 is 5.32 Å². The van der Waals surface area contributed by atoms with Crippen molar-refractivity contribution in [3.63, 3.8) is 0 Å². The highest BCUT2D eigenvalue weighted by Gasteiger charge is 2.29. The topological polar surface area (TPSA) is 52.9 Å². The van der Waals surface area contributed by atoms with Crippen LogP contribution in [0.15, 0.2) is 24.3 Å². The summed E-state index contributed by atoms with van der Waals surface area (Å²) < 4.78 is 35.7. The van der Waals surface area contributed by atoms with Crippen molar-refractivity contribution in [2.24, 2.45) is 0 Å². The molecular formula is C12H11F3N2OS. The first-order valence-corrected chi connectivity index (χ1v) is 6.30. The fraction of sp³-hybridized carbons (Fsp3) is 0.333.